The Labute approximate surface area is 466 Å². The molecule has 372 valence electrons. The average molecular weight is 1000 g/mol. The molecule has 76 heavy (non-hydrogen) atoms. The molecule has 12 aromatic rings. The molecular formula is C71H62N4O. The summed E-state index contributed by atoms with van der Waals surface area (Å²) >= 11 is 0. The third kappa shape index (κ3) is 8.75. The van der Waals surface area contributed by atoms with Crippen molar-refractivity contribution in [1.82, 2.24) is 14.1 Å². The third-order valence-corrected chi connectivity index (χ3v) is 14.2. The van der Waals surface area contributed by atoms with E-state index in [1.165, 1.54) is 30.5 Å². The van der Waals surface area contributed by atoms with Gasteiger partial charge in [-0.3, -0.25) is 13.7 Å². The van der Waals surface area contributed by atoms with Crippen LogP contribution in [0, 0.1) is 26.9 Å². The van der Waals surface area contributed by atoms with Crippen molar-refractivity contribution < 1.29 is 28.5 Å². The summed E-state index contributed by atoms with van der Waals surface area (Å²) in [6.45, 7) is 4.97. The highest BCUT2D eigenvalue weighted by molar-refractivity contribution is 6.09. The number of imidazole rings is 1. The van der Waals surface area contributed by atoms with Crippen LogP contribution < -0.4 is 9.30 Å². The number of fused-ring (bicyclic) bond motifs is 4. The van der Waals surface area contributed by atoms with Gasteiger partial charge in [0.15, 0.2) is 0 Å². The highest BCUT2D eigenvalue weighted by Crippen LogP contribution is 2.40. The molecule has 0 saturated heterocycles. The molecule has 9 aromatic carbocycles. The minimum atomic E-state index is -2.80. The Morgan fingerprint density at radius 1 is 0.513 bits per heavy atom. The second-order valence-corrected chi connectivity index (χ2v) is 21.3. The fraction of sp³-hybridized carbons (Fsp3) is 0.155. The van der Waals surface area contributed by atoms with Crippen LogP contribution in [0.4, 0.5) is 0 Å². The molecule has 0 aliphatic carbocycles. The lowest BCUT2D eigenvalue weighted by Gasteiger charge is -2.23. The smallest absolute Gasteiger partial charge is 0.269 e. The van der Waals surface area contributed by atoms with Crippen molar-refractivity contribution in [3.63, 3.8) is 0 Å². The zero-order valence-electron chi connectivity index (χ0n) is 57.0. The highest BCUT2D eigenvalue weighted by Gasteiger charge is 2.24. The maximum Gasteiger partial charge on any atom is 0.269 e. The molecule has 0 aliphatic rings. The van der Waals surface area contributed by atoms with E-state index in [1.54, 1.807) is 10.6 Å². The number of benzene rings is 9. The van der Waals surface area contributed by atoms with Gasteiger partial charge in [0.05, 0.1) is 40.3 Å². The van der Waals surface area contributed by atoms with E-state index in [1.807, 2.05) is 88.0 Å². The number of hydrogen-bond acceptors (Lipinski definition) is 2. The summed E-state index contributed by atoms with van der Waals surface area (Å²) in [6.07, 6.45) is 5.01. The maximum absolute atomic E-state index is 8.70. The van der Waals surface area contributed by atoms with E-state index in [0.717, 1.165) is 49.8 Å². The van der Waals surface area contributed by atoms with Crippen LogP contribution in [0.5, 0.6) is 11.5 Å². The largest absolute Gasteiger partial charge is 0.458 e. The van der Waals surface area contributed by atoms with Gasteiger partial charge in [0, 0.05) is 40.9 Å². The molecule has 0 bridgehead atoms. The van der Waals surface area contributed by atoms with Gasteiger partial charge in [-0.1, -0.05) is 193 Å². The normalized spacial score (nSPS) is 15.2. The van der Waals surface area contributed by atoms with Crippen molar-refractivity contribution in [3.8, 4) is 73.2 Å². The highest BCUT2D eigenvalue weighted by atomic mass is 16.5. The number of aryl methyl sites for hydroxylation is 3. The zero-order valence-corrected chi connectivity index (χ0v) is 43.0. The van der Waals surface area contributed by atoms with Crippen molar-refractivity contribution in [2.45, 2.75) is 72.9 Å². The minimum Gasteiger partial charge on any atom is -0.458 e. The molecule has 12 rings (SSSR count). The number of nitrogens with zero attached hydrogens (tertiary/aromatic N) is 4. The van der Waals surface area contributed by atoms with Gasteiger partial charge < -0.3 is 4.74 Å². The molecule has 5 heteroatoms. The van der Waals surface area contributed by atoms with Gasteiger partial charge in [-0.2, -0.15) is 0 Å². The number of rotatable bonds is 9. The van der Waals surface area contributed by atoms with Crippen LogP contribution in [0.15, 0.2) is 212 Å². The fourth-order valence-electron chi connectivity index (χ4n) is 10.3. The fourth-order valence-corrected chi connectivity index (χ4v) is 10.3. The molecule has 5 nitrogen and oxygen atoms in total. The lowest BCUT2D eigenvalue weighted by Crippen LogP contribution is -2.31. The molecule has 0 N–H and O–H groups in total. The molecule has 3 heterocycles. The number of pyridine rings is 1. The first-order chi connectivity index (χ1) is 42.4. The second-order valence-electron chi connectivity index (χ2n) is 21.3. The quantitative estimate of drug-likeness (QED) is 0.107. The summed E-state index contributed by atoms with van der Waals surface area (Å²) in [5, 5.41) is 1.63. The SMILES string of the molecule is [2H]c1c([2H])c([2H])c(-c2cnc(-n3c4ccccc4c4ccc(Oc5cccc(-n6[c-][n+](-c7c(-c8cccc(C(C)(C)C)c8)cccc7-c7cccc(C(C)(C)C)c7)c7ccc(-c8c(C([2H])([2H])[2H])cccc8C([2H])([2H])[2H])cc76)c5)cc43)cc2C([2H])([2H])[2H])c([2H])c1[2H]. The van der Waals surface area contributed by atoms with Crippen LogP contribution in [0.25, 0.3) is 94.5 Å². The van der Waals surface area contributed by atoms with Crippen molar-refractivity contribution >= 4 is 32.8 Å². The maximum atomic E-state index is 8.70. The first-order valence-electron chi connectivity index (χ1n) is 32.3. The number of para-hydroxylation sites is 2. The topological polar surface area (TPSA) is 35.9 Å². The monoisotopic (exact) mass is 1000 g/mol. The molecule has 0 amide bonds. The van der Waals surface area contributed by atoms with Crippen LogP contribution in [0.3, 0.4) is 0 Å². The first kappa shape index (κ1) is 34.6. The molecule has 0 unspecified atom stereocenters. The Bertz CT molecular complexity index is 4730. The Kier molecular flexibility index (Phi) is 8.59. The molecular weight excluding hydrogens is 925 g/mol. The lowest BCUT2D eigenvalue weighted by atomic mass is 9.84. The van der Waals surface area contributed by atoms with Crippen molar-refractivity contribution in [2.75, 3.05) is 0 Å². The summed E-state index contributed by atoms with van der Waals surface area (Å²) in [5.74, 6) is 1.02. The van der Waals surface area contributed by atoms with Crippen LogP contribution in [-0.2, 0) is 10.8 Å². The predicted octanol–water partition coefficient (Wildman–Crippen LogP) is 18.2. The molecule has 0 atom stereocenters. The van der Waals surface area contributed by atoms with E-state index < -0.39 is 50.8 Å². The lowest BCUT2D eigenvalue weighted by molar-refractivity contribution is -0.571. The summed E-state index contributed by atoms with van der Waals surface area (Å²) in [6, 6.07) is 52.3. The Morgan fingerprint density at radius 2 is 1.16 bits per heavy atom. The van der Waals surface area contributed by atoms with Gasteiger partial charge in [-0.15, -0.1) is 0 Å². The summed E-state index contributed by atoms with van der Waals surface area (Å²) < 4.78 is 133. The standard InChI is InChI=1S/C71H62N4O/c1-46-20-15-21-47(2)68(46)52-34-37-64-66(41-52)73(45-74(64)69-58(50-24-16-26-53(39-50)70(4,5)6)31-19-32-59(69)51-25-17-27-54(40-51)71(7,8)9)55-28-18-29-56(42-55)76-57-35-36-61-60-30-13-14-33-63(60)75(65(61)43-57)67-38-48(3)62(44-72-67)49-22-11-10-12-23-49/h10-44H,1-9H3/i1D3,2D3,3D3,10D,11D,12D,22D,23D. The number of aromatic nitrogens is 4. The zero-order chi connectivity index (χ0) is 64.3. The van der Waals surface area contributed by atoms with Gasteiger partial charge in [0.2, 0.25) is 0 Å². The van der Waals surface area contributed by atoms with Crippen molar-refractivity contribution in [1.29, 1.82) is 0 Å². The van der Waals surface area contributed by atoms with Gasteiger partial charge in [0.25, 0.3) is 6.33 Å². The Hall–Kier alpha value is -8.80. The van der Waals surface area contributed by atoms with Gasteiger partial charge in [-0.25, -0.2) is 4.98 Å². The number of ether oxygens (including phenoxy) is 1. The average Bonchev–Trinajstić information content (AvgIpc) is 1.54. The van der Waals surface area contributed by atoms with E-state index in [4.69, 9.17) is 28.9 Å². The van der Waals surface area contributed by atoms with E-state index in [0.29, 0.717) is 44.8 Å². The molecule has 3 aromatic heterocycles. The Balaban J connectivity index is 1.06. The van der Waals surface area contributed by atoms with E-state index in [-0.39, 0.29) is 50.0 Å². The molecule has 0 aliphatic heterocycles. The molecule has 0 spiro atoms. The van der Waals surface area contributed by atoms with Crippen LogP contribution in [0.1, 0.15) is 88.6 Å². The summed E-state index contributed by atoms with van der Waals surface area (Å²) in [5.41, 5.74) is 9.32. The van der Waals surface area contributed by atoms with Crippen molar-refractivity contribution in [2.24, 2.45) is 0 Å². The summed E-state index contributed by atoms with van der Waals surface area (Å²) in [4.78, 5) is 4.75. The van der Waals surface area contributed by atoms with Crippen LogP contribution in [-0.4, -0.2) is 14.1 Å². The van der Waals surface area contributed by atoms with E-state index in [9.17, 15) is 0 Å². The molecule has 0 fully saturated rings. The van der Waals surface area contributed by atoms with Gasteiger partial charge in [0.1, 0.15) is 17.3 Å². The first-order valence-corrected chi connectivity index (χ1v) is 25.3. The van der Waals surface area contributed by atoms with Gasteiger partial charge in [-0.05, 0) is 147 Å². The molecule has 0 saturated carbocycles. The van der Waals surface area contributed by atoms with E-state index >= 15 is 0 Å². The minimum absolute atomic E-state index is 0.0949. The van der Waals surface area contributed by atoms with Gasteiger partial charge >= 0.3 is 0 Å². The second kappa shape index (κ2) is 18.8. The molecule has 0 radical (unpaired) electrons. The summed E-state index contributed by atoms with van der Waals surface area (Å²) in [7, 11) is 0. The van der Waals surface area contributed by atoms with Crippen LogP contribution in [0.2, 0.25) is 0 Å². The van der Waals surface area contributed by atoms with Crippen LogP contribution >= 0.6 is 0 Å². The third-order valence-electron chi connectivity index (χ3n) is 14.2. The van der Waals surface area contributed by atoms with Crippen molar-refractivity contribution in [3.05, 3.63) is 246 Å². The van der Waals surface area contributed by atoms with E-state index in [2.05, 4.69) is 115 Å². The Morgan fingerprint density at radius 3 is 1.86 bits per heavy atom. The predicted molar refractivity (Wildman–Crippen MR) is 316 cm³/mol. The number of hydrogen-bond donors (Lipinski definition) is 0.